The van der Waals surface area contributed by atoms with Gasteiger partial charge >= 0.3 is 6.18 Å². The van der Waals surface area contributed by atoms with E-state index in [1.165, 1.54) is 31.4 Å². The molecule has 2 amide bonds. The molecule has 0 aliphatic carbocycles. The van der Waals surface area contributed by atoms with E-state index in [2.05, 4.69) is 10.3 Å². The Hall–Kier alpha value is -4.18. The third-order valence-corrected chi connectivity index (χ3v) is 7.11. The van der Waals surface area contributed by atoms with Crippen LogP contribution in [-0.2, 0) is 20.8 Å². The Labute approximate surface area is 239 Å². The molecule has 41 heavy (non-hydrogen) atoms. The van der Waals surface area contributed by atoms with Gasteiger partial charge in [-0.3, -0.25) is 19.4 Å². The van der Waals surface area contributed by atoms with E-state index in [9.17, 15) is 27.6 Å². The van der Waals surface area contributed by atoms with Crippen molar-refractivity contribution in [2.45, 2.75) is 37.5 Å². The predicted molar refractivity (Wildman–Crippen MR) is 148 cm³/mol. The van der Waals surface area contributed by atoms with Crippen LogP contribution in [-0.4, -0.2) is 42.8 Å². The number of amides is 2. The zero-order valence-electron chi connectivity index (χ0n) is 22.0. The van der Waals surface area contributed by atoms with Gasteiger partial charge in [0.15, 0.2) is 11.9 Å². The summed E-state index contributed by atoms with van der Waals surface area (Å²) >= 11 is 5.94. The Morgan fingerprint density at radius 2 is 1.76 bits per heavy atom. The molecule has 3 aromatic rings. The molecule has 4 rings (SSSR count). The Morgan fingerprint density at radius 1 is 1.07 bits per heavy atom. The van der Waals surface area contributed by atoms with Gasteiger partial charge in [0.25, 0.3) is 0 Å². The minimum Gasteiger partial charge on any atom is -0.496 e. The highest BCUT2D eigenvalue weighted by Crippen LogP contribution is 2.34. The maximum Gasteiger partial charge on any atom is 0.389 e. The summed E-state index contributed by atoms with van der Waals surface area (Å²) in [6.45, 7) is 0. The third-order valence-electron chi connectivity index (χ3n) is 6.86. The molecule has 0 saturated heterocycles. The number of nitrogens with two attached hydrogens (primary N) is 1. The number of benzene rings is 3. The van der Waals surface area contributed by atoms with Crippen LogP contribution in [0.15, 0.2) is 77.8 Å². The highest BCUT2D eigenvalue weighted by Gasteiger charge is 2.39. The lowest BCUT2D eigenvalue weighted by Gasteiger charge is -2.26. The number of aliphatic imine (C=N–C) groups is 1. The number of hydrogen-bond acceptors (Lipinski definition) is 5. The topological polar surface area (TPSA) is 111 Å². The van der Waals surface area contributed by atoms with E-state index in [0.29, 0.717) is 33.2 Å². The van der Waals surface area contributed by atoms with Crippen molar-refractivity contribution in [3.63, 3.8) is 0 Å². The third kappa shape index (κ3) is 7.13. The summed E-state index contributed by atoms with van der Waals surface area (Å²) in [6.07, 6.45) is -8.29. The van der Waals surface area contributed by atoms with Crippen LogP contribution in [0.3, 0.4) is 0 Å². The number of carbonyl (C=O) groups is 3. The summed E-state index contributed by atoms with van der Waals surface area (Å²) in [5, 5.41) is 2.84. The minimum absolute atomic E-state index is 0.159. The van der Waals surface area contributed by atoms with Crippen molar-refractivity contribution in [1.82, 2.24) is 5.32 Å². The highest BCUT2D eigenvalue weighted by atomic mass is 35.5. The fraction of sp³-hybridized carbons (Fsp3) is 0.267. The second-order valence-electron chi connectivity index (χ2n) is 9.58. The number of alkyl halides is 3. The van der Waals surface area contributed by atoms with Crippen molar-refractivity contribution >= 4 is 34.9 Å². The van der Waals surface area contributed by atoms with E-state index in [1.807, 2.05) is 6.07 Å². The normalized spacial score (nSPS) is 16.6. The van der Waals surface area contributed by atoms with E-state index in [-0.39, 0.29) is 12.0 Å². The average Bonchev–Trinajstić information content (AvgIpc) is 3.07. The van der Waals surface area contributed by atoms with Crippen molar-refractivity contribution in [3.8, 4) is 5.75 Å². The first kappa shape index (κ1) is 29.8. The number of methoxy groups -OCH3 is 1. The number of fused-ring (bicyclic) bond motifs is 1. The molecule has 1 aliphatic heterocycles. The van der Waals surface area contributed by atoms with Crippen molar-refractivity contribution in [2.75, 3.05) is 7.11 Å². The van der Waals surface area contributed by atoms with E-state index in [1.54, 1.807) is 42.5 Å². The Bertz CT molecular complexity index is 1460. The number of ketones is 1. The number of nitrogens with zero attached hydrogens (tertiary/aromatic N) is 1. The number of Topliss-reactive ketones (excluding diaryl/α,β-unsaturated/α-hetero) is 1. The predicted octanol–water partition coefficient (Wildman–Crippen LogP) is 4.98. The molecule has 0 unspecified atom stereocenters. The molecule has 1 aliphatic rings. The molecule has 1 heterocycles. The fourth-order valence-electron chi connectivity index (χ4n) is 4.92. The molecule has 7 nitrogen and oxygen atoms in total. The number of ether oxygens (including phenoxy) is 1. The maximum atomic E-state index is 13.7. The van der Waals surface area contributed by atoms with Gasteiger partial charge in [-0.1, -0.05) is 66.2 Å². The number of rotatable bonds is 9. The summed E-state index contributed by atoms with van der Waals surface area (Å²) in [7, 11) is 1.47. The first-order valence-electron chi connectivity index (χ1n) is 12.7. The van der Waals surface area contributed by atoms with Crippen LogP contribution in [0.1, 0.15) is 41.0 Å². The maximum absolute atomic E-state index is 13.7. The molecular formula is C30H27ClF3N3O4. The average molecular weight is 586 g/mol. The number of carbonyl (C=O) groups excluding carboxylic acids is 3. The molecule has 3 N–H and O–H groups in total. The van der Waals surface area contributed by atoms with Crippen LogP contribution >= 0.6 is 11.6 Å². The molecule has 11 heteroatoms. The molecule has 0 fully saturated rings. The summed E-state index contributed by atoms with van der Waals surface area (Å²) in [5.41, 5.74) is 8.06. The van der Waals surface area contributed by atoms with E-state index in [0.717, 1.165) is 0 Å². The van der Waals surface area contributed by atoms with Gasteiger partial charge in [-0.25, -0.2) is 0 Å². The quantitative estimate of drug-likeness (QED) is 0.369. The molecular weight excluding hydrogens is 559 g/mol. The van der Waals surface area contributed by atoms with E-state index >= 15 is 0 Å². The van der Waals surface area contributed by atoms with Crippen LogP contribution in [0.4, 0.5) is 13.2 Å². The van der Waals surface area contributed by atoms with Crippen LogP contribution in [0.5, 0.6) is 5.75 Å². The molecule has 0 bridgehead atoms. The van der Waals surface area contributed by atoms with Crippen molar-refractivity contribution in [2.24, 2.45) is 16.6 Å². The zero-order chi connectivity index (χ0) is 29.7. The highest BCUT2D eigenvalue weighted by molar-refractivity contribution is 6.30. The molecule has 0 saturated carbocycles. The first-order chi connectivity index (χ1) is 19.5. The number of primary amides is 1. The van der Waals surface area contributed by atoms with Gasteiger partial charge in [-0.05, 0) is 30.2 Å². The second-order valence-corrected chi connectivity index (χ2v) is 10.0. The lowest BCUT2D eigenvalue weighted by molar-refractivity contribution is -0.144. The molecule has 3 atom stereocenters. The molecule has 0 aromatic heterocycles. The van der Waals surface area contributed by atoms with Gasteiger partial charge in [0.2, 0.25) is 11.8 Å². The number of hydrogen-bond donors (Lipinski definition) is 2. The zero-order valence-corrected chi connectivity index (χ0v) is 22.7. The van der Waals surface area contributed by atoms with Gasteiger partial charge in [-0.15, -0.1) is 0 Å². The van der Waals surface area contributed by atoms with Crippen LogP contribution < -0.4 is 15.8 Å². The number of nitrogens with one attached hydrogen (secondary N) is 1. The summed E-state index contributed by atoms with van der Waals surface area (Å²) in [6, 6.07) is 19.9. The van der Waals surface area contributed by atoms with Crippen molar-refractivity contribution in [3.05, 3.63) is 100 Å². The van der Waals surface area contributed by atoms with Crippen LogP contribution in [0.2, 0.25) is 5.02 Å². The van der Waals surface area contributed by atoms with Crippen molar-refractivity contribution in [1.29, 1.82) is 0 Å². The fourth-order valence-corrected chi connectivity index (χ4v) is 5.04. The number of halogens is 4. The molecule has 214 valence electrons. The summed E-state index contributed by atoms with van der Waals surface area (Å²) in [5.74, 6) is -4.96. The van der Waals surface area contributed by atoms with Crippen LogP contribution in [0.25, 0.3) is 0 Å². The Morgan fingerprint density at radius 3 is 2.37 bits per heavy atom. The van der Waals surface area contributed by atoms with Gasteiger partial charge in [0.05, 0.1) is 24.7 Å². The van der Waals surface area contributed by atoms with Gasteiger partial charge < -0.3 is 15.8 Å². The van der Waals surface area contributed by atoms with Gasteiger partial charge in [0, 0.05) is 34.6 Å². The standard InChI is InChI=1S/C30H27ClF3N3O4/c1-41-24-9-5-8-20-22(24)16-23(38)28(36-26(20)18-6-3-2-4-7-18)37-29(40)21(14-15-30(32,33)34)25(27(35)39)17-10-12-19(31)13-11-17/h2-13,21,25,28H,14-16H2,1H3,(H2,35,39)(H,37,40)/t21-,25+,28-/m1/s1. The minimum atomic E-state index is -4.60. The van der Waals surface area contributed by atoms with Crippen LogP contribution in [0, 0.1) is 5.92 Å². The Kier molecular flexibility index (Phi) is 9.12. The van der Waals surface area contributed by atoms with E-state index < -0.39 is 54.6 Å². The van der Waals surface area contributed by atoms with Gasteiger partial charge in [-0.2, -0.15) is 13.2 Å². The lowest BCUT2D eigenvalue weighted by Crippen LogP contribution is -2.46. The molecule has 3 aromatic carbocycles. The van der Waals surface area contributed by atoms with Crippen molar-refractivity contribution < 1.29 is 32.3 Å². The Balaban J connectivity index is 1.75. The molecule has 0 spiro atoms. The molecule has 0 radical (unpaired) electrons. The smallest absolute Gasteiger partial charge is 0.389 e. The first-order valence-corrected chi connectivity index (χ1v) is 13.1. The summed E-state index contributed by atoms with van der Waals surface area (Å²) < 4.78 is 45.3. The second kappa shape index (κ2) is 12.6. The largest absolute Gasteiger partial charge is 0.496 e. The van der Waals surface area contributed by atoms with Gasteiger partial charge in [0.1, 0.15) is 5.75 Å². The monoisotopic (exact) mass is 585 g/mol. The lowest BCUT2D eigenvalue weighted by atomic mass is 9.81. The summed E-state index contributed by atoms with van der Waals surface area (Å²) in [4.78, 5) is 44.2. The van der Waals surface area contributed by atoms with E-state index in [4.69, 9.17) is 22.1 Å². The SMILES string of the molecule is COc1cccc2c1CC(=O)[C@@H](NC(=O)[C@H](CCC(F)(F)F)[C@@H](C(N)=O)c1ccc(Cl)cc1)N=C2c1ccccc1.